The summed E-state index contributed by atoms with van der Waals surface area (Å²) < 4.78 is 5.47. The first-order valence-corrected chi connectivity index (χ1v) is 5.77. The van der Waals surface area contributed by atoms with Crippen LogP contribution in [0.1, 0.15) is 26.3 Å². The second kappa shape index (κ2) is 5.32. The number of amides is 1. The summed E-state index contributed by atoms with van der Waals surface area (Å²) in [6, 6.07) is 7.85. The number of ether oxygens (including phenoxy) is 1. The van der Waals surface area contributed by atoms with Crippen molar-refractivity contribution in [3.05, 3.63) is 29.8 Å². The molecule has 0 unspecified atom stereocenters. The third kappa shape index (κ3) is 4.57. The summed E-state index contributed by atoms with van der Waals surface area (Å²) in [7, 11) is 1.77. The zero-order valence-electron chi connectivity index (χ0n) is 11.3. The van der Waals surface area contributed by atoms with E-state index in [1.54, 1.807) is 11.9 Å². The van der Waals surface area contributed by atoms with Crippen molar-refractivity contribution < 1.29 is 9.53 Å². The predicted molar refractivity (Wildman–Crippen MR) is 70.3 cm³/mol. The SMILES string of the molecule is Cc1cccc(N(C)C(=O)COC(C)(C)C)c1. The average molecular weight is 235 g/mol. The van der Waals surface area contributed by atoms with Crippen LogP contribution in [-0.2, 0) is 9.53 Å². The van der Waals surface area contributed by atoms with E-state index in [2.05, 4.69) is 0 Å². The lowest BCUT2D eigenvalue weighted by atomic mass is 10.2. The third-order valence-electron chi connectivity index (χ3n) is 2.39. The number of carbonyl (C=O) groups is 1. The Bertz CT molecular complexity index is 393. The molecule has 1 aromatic carbocycles. The van der Waals surface area contributed by atoms with Crippen LogP contribution in [0.3, 0.4) is 0 Å². The van der Waals surface area contributed by atoms with E-state index in [1.807, 2.05) is 52.0 Å². The molecule has 0 spiro atoms. The summed E-state index contributed by atoms with van der Waals surface area (Å²) in [5, 5.41) is 0. The highest BCUT2D eigenvalue weighted by atomic mass is 16.5. The molecule has 0 heterocycles. The maximum absolute atomic E-state index is 11.9. The first-order valence-electron chi connectivity index (χ1n) is 5.77. The highest BCUT2D eigenvalue weighted by Gasteiger charge is 2.16. The van der Waals surface area contributed by atoms with Gasteiger partial charge in [-0.1, -0.05) is 12.1 Å². The van der Waals surface area contributed by atoms with Crippen molar-refractivity contribution in [2.24, 2.45) is 0 Å². The van der Waals surface area contributed by atoms with Gasteiger partial charge in [0, 0.05) is 12.7 Å². The zero-order valence-corrected chi connectivity index (χ0v) is 11.3. The molecule has 3 nitrogen and oxygen atoms in total. The highest BCUT2D eigenvalue weighted by molar-refractivity contribution is 5.93. The average Bonchev–Trinajstić information content (AvgIpc) is 2.24. The number of carbonyl (C=O) groups excluding carboxylic acids is 1. The summed E-state index contributed by atoms with van der Waals surface area (Å²) in [6.45, 7) is 7.92. The van der Waals surface area contributed by atoms with Gasteiger partial charge >= 0.3 is 0 Å². The van der Waals surface area contributed by atoms with E-state index >= 15 is 0 Å². The van der Waals surface area contributed by atoms with Crippen molar-refractivity contribution in [2.45, 2.75) is 33.3 Å². The molecule has 1 amide bonds. The van der Waals surface area contributed by atoms with Crippen LogP contribution in [0, 0.1) is 6.92 Å². The number of nitrogens with zero attached hydrogens (tertiary/aromatic N) is 1. The molecule has 1 aromatic rings. The zero-order chi connectivity index (χ0) is 13.1. The Balaban J connectivity index is 2.64. The second-order valence-electron chi connectivity index (χ2n) is 5.19. The Kier molecular flexibility index (Phi) is 4.29. The minimum atomic E-state index is -0.289. The Morgan fingerprint density at radius 2 is 2.00 bits per heavy atom. The van der Waals surface area contributed by atoms with Gasteiger partial charge in [0.2, 0.25) is 0 Å². The van der Waals surface area contributed by atoms with E-state index in [0.29, 0.717) is 0 Å². The van der Waals surface area contributed by atoms with Gasteiger partial charge in [-0.15, -0.1) is 0 Å². The first kappa shape index (κ1) is 13.7. The molecule has 0 aliphatic carbocycles. The van der Waals surface area contributed by atoms with Crippen LogP contribution in [0.25, 0.3) is 0 Å². The minimum absolute atomic E-state index is 0.0366. The predicted octanol–water partition coefficient (Wildman–Crippen LogP) is 2.77. The molecule has 0 atom stereocenters. The fourth-order valence-corrected chi connectivity index (χ4v) is 1.36. The van der Waals surface area contributed by atoms with Crippen LogP contribution >= 0.6 is 0 Å². The molecule has 3 heteroatoms. The molecule has 0 radical (unpaired) electrons. The van der Waals surface area contributed by atoms with Gasteiger partial charge in [-0.2, -0.15) is 0 Å². The van der Waals surface area contributed by atoms with E-state index in [1.165, 1.54) is 0 Å². The monoisotopic (exact) mass is 235 g/mol. The van der Waals surface area contributed by atoms with Crippen LogP contribution in [0.15, 0.2) is 24.3 Å². The van der Waals surface area contributed by atoms with Crippen molar-refractivity contribution in [2.75, 3.05) is 18.6 Å². The minimum Gasteiger partial charge on any atom is -0.366 e. The van der Waals surface area contributed by atoms with Gasteiger partial charge in [-0.05, 0) is 45.4 Å². The third-order valence-corrected chi connectivity index (χ3v) is 2.39. The fourth-order valence-electron chi connectivity index (χ4n) is 1.36. The molecule has 1 rings (SSSR count). The maximum Gasteiger partial charge on any atom is 0.252 e. The maximum atomic E-state index is 11.9. The van der Waals surface area contributed by atoms with E-state index in [9.17, 15) is 4.79 Å². The summed E-state index contributed by atoms with van der Waals surface area (Å²) in [5.74, 6) is -0.0366. The van der Waals surface area contributed by atoms with Gasteiger partial charge in [0.1, 0.15) is 6.61 Å². The lowest BCUT2D eigenvalue weighted by molar-refractivity contribution is -0.127. The largest absolute Gasteiger partial charge is 0.366 e. The Labute approximate surface area is 103 Å². The molecule has 0 fully saturated rings. The normalized spacial score (nSPS) is 11.4. The molecule has 0 saturated heterocycles. The van der Waals surface area contributed by atoms with Crippen LogP contribution < -0.4 is 4.90 Å². The van der Waals surface area contributed by atoms with Gasteiger partial charge in [0.15, 0.2) is 0 Å². The summed E-state index contributed by atoms with van der Waals surface area (Å²) in [4.78, 5) is 13.5. The number of aryl methyl sites for hydroxylation is 1. The van der Waals surface area contributed by atoms with Crippen molar-refractivity contribution in [3.63, 3.8) is 0 Å². The van der Waals surface area contributed by atoms with E-state index in [0.717, 1.165) is 11.3 Å². The van der Waals surface area contributed by atoms with Crippen LogP contribution in [0.2, 0.25) is 0 Å². The Morgan fingerprint density at radius 1 is 1.35 bits per heavy atom. The molecule has 0 saturated carbocycles. The molecule has 17 heavy (non-hydrogen) atoms. The summed E-state index contributed by atoms with van der Waals surface area (Å²) in [6.07, 6.45) is 0. The molecule has 0 N–H and O–H groups in total. The number of likely N-dealkylation sites (N-methyl/N-ethyl adjacent to an activating group) is 1. The van der Waals surface area contributed by atoms with Crippen molar-refractivity contribution in [3.8, 4) is 0 Å². The molecule has 94 valence electrons. The van der Waals surface area contributed by atoms with Gasteiger partial charge in [0.25, 0.3) is 5.91 Å². The van der Waals surface area contributed by atoms with Crippen molar-refractivity contribution >= 4 is 11.6 Å². The fraction of sp³-hybridized carbons (Fsp3) is 0.500. The van der Waals surface area contributed by atoms with Crippen LogP contribution in [0.4, 0.5) is 5.69 Å². The molecule has 0 aliphatic rings. The van der Waals surface area contributed by atoms with Gasteiger partial charge in [-0.3, -0.25) is 4.79 Å². The molecule has 0 aliphatic heterocycles. The molecule has 0 aromatic heterocycles. The van der Waals surface area contributed by atoms with Gasteiger partial charge < -0.3 is 9.64 Å². The lowest BCUT2D eigenvalue weighted by Crippen LogP contribution is -2.33. The topological polar surface area (TPSA) is 29.5 Å². The van der Waals surface area contributed by atoms with E-state index < -0.39 is 0 Å². The summed E-state index contributed by atoms with van der Waals surface area (Å²) >= 11 is 0. The van der Waals surface area contributed by atoms with Gasteiger partial charge in [-0.25, -0.2) is 0 Å². The summed E-state index contributed by atoms with van der Waals surface area (Å²) in [5.41, 5.74) is 1.75. The van der Waals surface area contributed by atoms with Gasteiger partial charge in [0.05, 0.1) is 5.60 Å². The Hall–Kier alpha value is -1.35. The number of hydrogen-bond acceptors (Lipinski definition) is 2. The standard InChI is InChI=1S/C14H21NO2/c1-11-7-6-8-12(9-11)15(5)13(16)10-17-14(2,3)4/h6-9H,10H2,1-5H3. The Morgan fingerprint density at radius 3 is 2.53 bits per heavy atom. The first-order chi connectivity index (χ1) is 7.79. The number of rotatable bonds is 3. The van der Waals surface area contributed by atoms with E-state index in [4.69, 9.17) is 4.74 Å². The van der Waals surface area contributed by atoms with Crippen molar-refractivity contribution in [1.82, 2.24) is 0 Å². The number of hydrogen-bond donors (Lipinski definition) is 0. The highest BCUT2D eigenvalue weighted by Crippen LogP contribution is 2.15. The lowest BCUT2D eigenvalue weighted by Gasteiger charge is -2.22. The smallest absolute Gasteiger partial charge is 0.252 e. The van der Waals surface area contributed by atoms with Crippen molar-refractivity contribution in [1.29, 1.82) is 0 Å². The molecular weight excluding hydrogens is 214 g/mol. The second-order valence-corrected chi connectivity index (χ2v) is 5.19. The van der Waals surface area contributed by atoms with Crippen LogP contribution in [0.5, 0.6) is 0 Å². The molecular formula is C14H21NO2. The molecule has 0 bridgehead atoms. The van der Waals surface area contributed by atoms with E-state index in [-0.39, 0.29) is 18.1 Å². The quantitative estimate of drug-likeness (QED) is 0.806. The number of benzene rings is 1. The number of anilines is 1. The van der Waals surface area contributed by atoms with Crippen LogP contribution in [-0.4, -0.2) is 25.2 Å².